The van der Waals surface area contributed by atoms with Crippen LogP contribution >= 0.6 is 0 Å². The Balaban J connectivity index is 3.48. The van der Waals surface area contributed by atoms with Gasteiger partial charge in [0, 0.05) is 13.6 Å². The summed E-state index contributed by atoms with van der Waals surface area (Å²) in [6, 6.07) is 0. The van der Waals surface area contributed by atoms with E-state index in [4.69, 9.17) is 4.74 Å². The minimum Gasteiger partial charge on any atom is -0.444 e. The molecule has 0 aliphatic heterocycles. The Morgan fingerprint density at radius 2 is 1.42 bits per heavy atom. The SMILES string of the molecule is CCCCCCCCCCN(C)C(=O)OC(C)(C)C. The molecule has 0 aromatic carbocycles. The van der Waals surface area contributed by atoms with Crippen molar-refractivity contribution in [2.24, 2.45) is 0 Å². The highest BCUT2D eigenvalue weighted by atomic mass is 16.6. The second-order valence-electron chi connectivity index (χ2n) is 6.38. The van der Waals surface area contributed by atoms with Gasteiger partial charge in [-0.2, -0.15) is 0 Å². The molecule has 0 aliphatic carbocycles. The molecule has 1 amide bonds. The van der Waals surface area contributed by atoms with Crippen molar-refractivity contribution in [2.75, 3.05) is 13.6 Å². The lowest BCUT2D eigenvalue weighted by atomic mass is 10.1. The second-order valence-corrected chi connectivity index (χ2v) is 6.38. The Hall–Kier alpha value is -0.730. The van der Waals surface area contributed by atoms with Crippen LogP contribution in [0.4, 0.5) is 4.79 Å². The first kappa shape index (κ1) is 18.3. The van der Waals surface area contributed by atoms with E-state index in [0.29, 0.717) is 0 Å². The van der Waals surface area contributed by atoms with Gasteiger partial charge in [0.05, 0.1) is 0 Å². The lowest BCUT2D eigenvalue weighted by molar-refractivity contribution is 0.0296. The number of nitrogens with zero attached hydrogens (tertiary/aromatic N) is 1. The van der Waals surface area contributed by atoms with E-state index in [1.807, 2.05) is 27.8 Å². The van der Waals surface area contributed by atoms with Gasteiger partial charge in [-0.25, -0.2) is 4.79 Å². The normalized spacial score (nSPS) is 11.4. The summed E-state index contributed by atoms with van der Waals surface area (Å²) in [6.07, 6.45) is 10.1. The topological polar surface area (TPSA) is 29.5 Å². The van der Waals surface area contributed by atoms with E-state index in [9.17, 15) is 4.79 Å². The second kappa shape index (κ2) is 10.1. The molecule has 0 N–H and O–H groups in total. The molecule has 0 rings (SSSR count). The summed E-state index contributed by atoms with van der Waals surface area (Å²) >= 11 is 0. The number of hydrogen-bond acceptors (Lipinski definition) is 2. The third kappa shape index (κ3) is 12.1. The molecule has 114 valence electrons. The molecular formula is C16H33NO2. The van der Waals surface area contributed by atoms with Gasteiger partial charge < -0.3 is 9.64 Å². The summed E-state index contributed by atoms with van der Waals surface area (Å²) in [5.41, 5.74) is -0.398. The maximum atomic E-state index is 11.7. The van der Waals surface area contributed by atoms with Crippen molar-refractivity contribution in [3.8, 4) is 0 Å². The van der Waals surface area contributed by atoms with E-state index < -0.39 is 5.60 Å². The molecule has 0 aromatic heterocycles. The fraction of sp³-hybridized carbons (Fsp3) is 0.938. The predicted octanol–water partition coefficient (Wildman–Crippen LogP) is 4.99. The largest absolute Gasteiger partial charge is 0.444 e. The van der Waals surface area contributed by atoms with Crippen LogP contribution < -0.4 is 0 Å². The van der Waals surface area contributed by atoms with Crippen molar-refractivity contribution in [2.45, 2.75) is 84.7 Å². The zero-order chi connectivity index (χ0) is 14.7. The molecule has 19 heavy (non-hydrogen) atoms. The van der Waals surface area contributed by atoms with E-state index in [-0.39, 0.29) is 6.09 Å². The zero-order valence-electron chi connectivity index (χ0n) is 13.6. The van der Waals surface area contributed by atoms with Crippen molar-refractivity contribution in [3.63, 3.8) is 0 Å². The number of rotatable bonds is 9. The molecule has 0 aliphatic rings. The number of amides is 1. The number of ether oxygens (including phenoxy) is 1. The van der Waals surface area contributed by atoms with Gasteiger partial charge in [0.2, 0.25) is 0 Å². The first-order valence-electron chi connectivity index (χ1n) is 7.81. The van der Waals surface area contributed by atoms with Crippen LogP contribution in [0.3, 0.4) is 0 Å². The summed E-state index contributed by atoms with van der Waals surface area (Å²) in [5, 5.41) is 0. The Morgan fingerprint density at radius 1 is 0.947 bits per heavy atom. The van der Waals surface area contributed by atoms with Gasteiger partial charge >= 0.3 is 6.09 Å². The molecule has 0 saturated carbocycles. The fourth-order valence-electron chi connectivity index (χ4n) is 1.91. The summed E-state index contributed by atoms with van der Waals surface area (Å²) in [6.45, 7) is 8.73. The number of carbonyl (C=O) groups is 1. The summed E-state index contributed by atoms with van der Waals surface area (Å²) in [4.78, 5) is 13.4. The number of hydrogen-bond donors (Lipinski definition) is 0. The fourth-order valence-corrected chi connectivity index (χ4v) is 1.91. The number of carbonyl (C=O) groups excluding carboxylic acids is 1. The molecule has 0 saturated heterocycles. The van der Waals surface area contributed by atoms with Crippen molar-refractivity contribution >= 4 is 6.09 Å². The van der Waals surface area contributed by atoms with Crippen LogP contribution in [-0.4, -0.2) is 30.2 Å². The van der Waals surface area contributed by atoms with Gasteiger partial charge in [-0.3, -0.25) is 0 Å². The minimum absolute atomic E-state index is 0.213. The van der Waals surface area contributed by atoms with E-state index in [1.54, 1.807) is 4.90 Å². The highest BCUT2D eigenvalue weighted by Gasteiger charge is 2.18. The van der Waals surface area contributed by atoms with Gasteiger partial charge in [0.15, 0.2) is 0 Å². The van der Waals surface area contributed by atoms with Crippen LogP contribution in [0.15, 0.2) is 0 Å². The smallest absolute Gasteiger partial charge is 0.410 e. The molecule has 3 heteroatoms. The zero-order valence-corrected chi connectivity index (χ0v) is 13.6. The van der Waals surface area contributed by atoms with Crippen LogP contribution in [-0.2, 0) is 4.74 Å². The highest BCUT2D eigenvalue weighted by molar-refractivity contribution is 5.67. The molecule has 0 aromatic rings. The monoisotopic (exact) mass is 271 g/mol. The number of unbranched alkanes of at least 4 members (excludes halogenated alkanes) is 7. The van der Waals surface area contributed by atoms with Crippen molar-refractivity contribution in [1.82, 2.24) is 4.90 Å². The summed E-state index contributed by atoms with van der Waals surface area (Å²) < 4.78 is 5.31. The molecule has 0 heterocycles. The van der Waals surface area contributed by atoms with E-state index in [1.165, 1.54) is 44.9 Å². The van der Waals surface area contributed by atoms with Crippen molar-refractivity contribution in [3.05, 3.63) is 0 Å². The highest BCUT2D eigenvalue weighted by Crippen LogP contribution is 2.11. The average molecular weight is 271 g/mol. The summed E-state index contributed by atoms with van der Waals surface area (Å²) in [5.74, 6) is 0. The van der Waals surface area contributed by atoms with Crippen LogP contribution in [0.2, 0.25) is 0 Å². The molecule has 0 spiro atoms. The first-order valence-corrected chi connectivity index (χ1v) is 7.81. The molecule has 0 fully saturated rings. The van der Waals surface area contributed by atoms with E-state index >= 15 is 0 Å². The van der Waals surface area contributed by atoms with Gasteiger partial charge in [-0.15, -0.1) is 0 Å². The third-order valence-corrected chi connectivity index (χ3v) is 3.05. The van der Waals surface area contributed by atoms with Crippen LogP contribution in [0, 0.1) is 0 Å². The lowest BCUT2D eigenvalue weighted by Crippen LogP contribution is -2.34. The maximum Gasteiger partial charge on any atom is 0.410 e. The summed E-state index contributed by atoms with van der Waals surface area (Å²) in [7, 11) is 1.81. The first-order chi connectivity index (χ1) is 8.87. The molecule has 0 radical (unpaired) electrons. The standard InChI is InChI=1S/C16H33NO2/c1-6-7-8-9-10-11-12-13-14-17(5)15(18)19-16(2,3)4/h6-14H2,1-5H3. The van der Waals surface area contributed by atoms with Gasteiger partial charge in [0.1, 0.15) is 5.60 Å². The van der Waals surface area contributed by atoms with E-state index in [0.717, 1.165) is 13.0 Å². The average Bonchev–Trinajstić information content (AvgIpc) is 2.30. The lowest BCUT2D eigenvalue weighted by Gasteiger charge is -2.24. The quantitative estimate of drug-likeness (QED) is 0.553. The molecule has 0 atom stereocenters. The minimum atomic E-state index is -0.398. The van der Waals surface area contributed by atoms with Crippen LogP contribution in [0.1, 0.15) is 79.1 Å². The van der Waals surface area contributed by atoms with Gasteiger partial charge in [-0.1, -0.05) is 51.9 Å². The van der Waals surface area contributed by atoms with Crippen LogP contribution in [0.25, 0.3) is 0 Å². The van der Waals surface area contributed by atoms with Crippen molar-refractivity contribution in [1.29, 1.82) is 0 Å². The predicted molar refractivity (Wildman–Crippen MR) is 81.5 cm³/mol. The Kier molecular flexibility index (Phi) is 9.72. The Morgan fingerprint density at radius 3 is 1.89 bits per heavy atom. The van der Waals surface area contributed by atoms with Crippen molar-refractivity contribution < 1.29 is 9.53 Å². The molecule has 0 bridgehead atoms. The van der Waals surface area contributed by atoms with Gasteiger partial charge in [0.25, 0.3) is 0 Å². The molecule has 3 nitrogen and oxygen atoms in total. The van der Waals surface area contributed by atoms with Gasteiger partial charge in [-0.05, 0) is 27.2 Å². The molecular weight excluding hydrogens is 238 g/mol. The maximum absolute atomic E-state index is 11.7. The Labute approximate surface area is 119 Å². The van der Waals surface area contributed by atoms with Crippen LogP contribution in [0.5, 0.6) is 0 Å². The Bertz CT molecular complexity index is 233. The third-order valence-electron chi connectivity index (χ3n) is 3.05. The van der Waals surface area contributed by atoms with E-state index in [2.05, 4.69) is 6.92 Å². The molecule has 0 unspecified atom stereocenters.